The molecule has 2 aromatic heterocycles. The normalized spacial score (nSPS) is 10.9. The molecule has 0 N–H and O–H groups in total. The fraction of sp³-hybridized carbons (Fsp3) is 0. The smallest absolute Gasteiger partial charge is 0.150 e. The molecule has 3 aromatic rings. The summed E-state index contributed by atoms with van der Waals surface area (Å²) in [5.41, 5.74) is 2.03. The van der Waals surface area contributed by atoms with Gasteiger partial charge in [0.15, 0.2) is 0 Å². The van der Waals surface area contributed by atoms with Crippen LogP contribution in [-0.2, 0) is 0 Å². The van der Waals surface area contributed by atoms with E-state index in [1.54, 1.807) is 11.3 Å². The van der Waals surface area contributed by atoms with E-state index in [2.05, 4.69) is 32.0 Å². The second-order valence-corrected chi connectivity index (χ2v) is 5.73. The molecule has 0 aliphatic rings. The van der Waals surface area contributed by atoms with Gasteiger partial charge in [0.25, 0.3) is 0 Å². The lowest BCUT2D eigenvalue weighted by atomic mass is 10.2. The average molecular weight is 326 g/mol. The highest BCUT2D eigenvalue weighted by Crippen LogP contribution is 2.38. The van der Waals surface area contributed by atoms with E-state index in [1.807, 2.05) is 24.3 Å². The van der Waals surface area contributed by atoms with Crippen LogP contribution in [0.2, 0.25) is 5.15 Å². The Labute approximate surface area is 115 Å². The molecule has 3 rings (SSSR count). The van der Waals surface area contributed by atoms with E-state index in [-0.39, 0.29) is 0 Å². The third-order valence-electron chi connectivity index (χ3n) is 2.41. The molecule has 0 bridgehead atoms. The van der Waals surface area contributed by atoms with Crippen LogP contribution in [0.5, 0.6) is 0 Å². The fourth-order valence-electron chi connectivity index (χ4n) is 1.62. The Hall–Kier alpha value is -0.970. The Morgan fingerprint density at radius 1 is 1.18 bits per heavy atom. The molecule has 17 heavy (non-hydrogen) atoms. The van der Waals surface area contributed by atoms with Crippen molar-refractivity contribution >= 4 is 49.1 Å². The van der Waals surface area contributed by atoms with Crippen molar-refractivity contribution in [3.63, 3.8) is 0 Å². The summed E-state index contributed by atoms with van der Waals surface area (Å²) in [7, 11) is 0. The molecule has 0 aliphatic carbocycles. The van der Waals surface area contributed by atoms with Gasteiger partial charge in [-0.15, -0.1) is 11.3 Å². The number of fused-ring (bicyclic) bond motifs is 1. The zero-order chi connectivity index (χ0) is 11.8. The summed E-state index contributed by atoms with van der Waals surface area (Å²) in [6, 6.07) is 10.1. The van der Waals surface area contributed by atoms with Gasteiger partial charge in [0.2, 0.25) is 0 Å². The molecule has 0 saturated heterocycles. The first kappa shape index (κ1) is 11.1. The number of nitrogens with zero attached hydrogens (tertiary/aromatic N) is 2. The highest BCUT2D eigenvalue weighted by Gasteiger charge is 2.10. The van der Waals surface area contributed by atoms with Gasteiger partial charge in [-0.25, -0.2) is 9.97 Å². The summed E-state index contributed by atoms with van der Waals surface area (Å²) in [6.07, 6.45) is 1.49. The zero-order valence-electron chi connectivity index (χ0n) is 8.52. The van der Waals surface area contributed by atoms with Gasteiger partial charge in [0.05, 0.1) is 10.2 Å². The predicted octanol–water partition coefficient (Wildman–Crippen LogP) is 4.77. The molecule has 0 aliphatic heterocycles. The number of benzene rings is 1. The first-order valence-corrected chi connectivity index (χ1v) is 6.89. The third kappa shape index (κ3) is 1.97. The van der Waals surface area contributed by atoms with Crippen LogP contribution >= 0.6 is 38.9 Å². The van der Waals surface area contributed by atoms with Crippen molar-refractivity contribution in [3.05, 3.63) is 46.3 Å². The first-order valence-electron chi connectivity index (χ1n) is 4.90. The lowest BCUT2D eigenvalue weighted by molar-refractivity contribution is 1.23. The maximum atomic E-state index is 6.05. The summed E-state index contributed by atoms with van der Waals surface area (Å²) < 4.78 is 2.00. The fourth-order valence-corrected chi connectivity index (χ4v) is 3.54. The minimum Gasteiger partial charge on any atom is -0.235 e. The molecular weight excluding hydrogens is 320 g/mol. The third-order valence-corrected chi connectivity index (χ3v) is 4.66. The molecule has 84 valence electrons. The van der Waals surface area contributed by atoms with Crippen molar-refractivity contribution in [2.75, 3.05) is 0 Å². The van der Waals surface area contributed by atoms with E-state index in [0.29, 0.717) is 5.15 Å². The molecule has 0 unspecified atom stereocenters. The van der Waals surface area contributed by atoms with Crippen molar-refractivity contribution in [1.29, 1.82) is 0 Å². The van der Waals surface area contributed by atoms with E-state index in [9.17, 15) is 0 Å². The van der Waals surface area contributed by atoms with E-state index in [0.717, 1.165) is 25.1 Å². The monoisotopic (exact) mass is 324 g/mol. The van der Waals surface area contributed by atoms with Crippen molar-refractivity contribution in [1.82, 2.24) is 9.97 Å². The number of thiophene rings is 1. The molecule has 0 amide bonds. The highest BCUT2D eigenvalue weighted by atomic mass is 79.9. The number of rotatable bonds is 1. The van der Waals surface area contributed by atoms with E-state index in [4.69, 9.17) is 11.6 Å². The molecule has 1 aromatic carbocycles. The van der Waals surface area contributed by atoms with Crippen molar-refractivity contribution in [2.24, 2.45) is 0 Å². The Balaban J connectivity index is 2.26. The SMILES string of the molecule is Clc1ncnc2cc(-c3ccccc3Br)sc12. The molecule has 2 nitrogen and oxygen atoms in total. The highest BCUT2D eigenvalue weighted by molar-refractivity contribution is 9.10. The Bertz CT molecular complexity index is 696. The number of halogens is 2. The predicted molar refractivity (Wildman–Crippen MR) is 75.6 cm³/mol. The van der Waals surface area contributed by atoms with Crippen LogP contribution in [-0.4, -0.2) is 9.97 Å². The van der Waals surface area contributed by atoms with Crippen LogP contribution in [0, 0.1) is 0 Å². The largest absolute Gasteiger partial charge is 0.235 e. The van der Waals surface area contributed by atoms with Gasteiger partial charge in [-0.2, -0.15) is 0 Å². The Kier molecular flexibility index (Phi) is 2.86. The minimum atomic E-state index is 0.512. The zero-order valence-corrected chi connectivity index (χ0v) is 11.7. The lowest BCUT2D eigenvalue weighted by Gasteiger charge is -1.99. The molecule has 0 spiro atoms. The molecular formula is C12H6BrClN2S. The lowest BCUT2D eigenvalue weighted by Crippen LogP contribution is -1.76. The topological polar surface area (TPSA) is 25.8 Å². The van der Waals surface area contributed by atoms with Crippen LogP contribution in [0.25, 0.3) is 20.7 Å². The maximum Gasteiger partial charge on any atom is 0.150 e. The first-order chi connectivity index (χ1) is 8.25. The maximum absolute atomic E-state index is 6.05. The van der Waals surface area contributed by atoms with Crippen LogP contribution in [0.4, 0.5) is 0 Å². The molecule has 0 fully saturated rings. The number of hydrogen-bond acceptors (Lipinski definition) is 3. The Morgan fingerprint density at radius 2 is 2.00 bits per heavy atom. The van der Waals surface area contributed by atoms with Crippen molar-refractivity contribution in [3.8, 4) is 10.4 Å². The molecule has 0 saturated carbocycles. The van der Waals surface area contributed by atoms with Gasteiger partial charge >= 0.3 is 0 Å². The van der Waals surface area contributed by atoms with E-state index < -0.39 is 0 Å². The molecule has 5 heteroatoms. The molecule has 0 atom stereocenters. The minimum absolute atomic E-state index is 0.512. The second kappa shape index (κ2) is 4.37. The van der Waals surface area contributed by atoms with Crippen LogP contribution in [0.15, 0.2) is 41.1 Å². The quantitative estimate of drug-likeness (QED) is 0.602. The van der Waals surface area contributed by atoms with Crippen LogP contribution < -0.4 is 0 Å². The number of aromatic nitrogens is 2. The van der Waals surface area contributed by atoms with Gasteiger partial charge in [0, 0.05) is 14.9 Å². The summed E-state index contributed by atoms with van der Waals surface area (Å²) >= 11 is 11.2. The average Bonchev–Trinajstić information content (AvgIpc) is 2.75. The van der Waals surface area contributed by atoms with E-state index in [1.165, 1.54) is 6.33 Å². The van der Waals surface area contributed by atoms with Crippen LogP contribution in [0.1, 0.15) is 0 Å². The summed E-state index contributed by atoms with van der Waals surface area (Å²) in [4.78, 5) is 9.34. The number of hydrogen-bond donors (Lipinski definition) is 0. The van der Waals surface area contributed by atoms with Gasteiger partial charge in [-0.1, -0.05) is 45.7 Å². The van der Waals surface area contributed by atoms with Gasteiger partial charge < -0.3 is 0 Å². The van der Waals surface area contributed by atoms with Crippen molar-refractivity contribution in [2.45, 2.75) is 0 Å². The Morgan fingerprint density at radius 3 is 2.76 bits per heavy atom. The summed E-state index contributed by atoms with van der Waals surface area (Å²) in [5.74, 6) is 0. The standard InChI is InChI=1S/C12H6BrClN2S/c13-8-4-2-1-3-7(8)10-5-9-11(17-10)12(14)16-6-15-9/h1-6H. The van der Waals surface area contributed by atoms with Gasteiger partial charge in [0.1, 0.15) is 11.5 Å². The van der Waals surface area contributed by atoms with Crippen molar-refractivity contribution < 1.29 is 0 Å². The van der Waals surface area contributed by atoms with E-state index >= 15 is 0 Å². The summed E-state index contributed by atoms with van der Waals surface area (Å²) in [6.45, 7) is 0. The van der Waals surface area contributed by atoms with Gasteiger partial charge in [-0.05, 0) is 12.1 Å². The summed E-state index contributed by atoms with van der Waals surface area (Å²) in [5, 5.41) is 0.512. The molecule has 0 radical (unpaired) electrons. The van der Waals surface area contributed by atoms with Gasteiger partial charge in [-0.3, -0.25) is 0 Å². The van der Waals surface area contributed by atoms with Crippen LogP contribution in [0.3, 0.4) is 0 Å². The molecule has 2 heterocycles. The second-order valence-electron chi connectivity index (χ2n) is 3.47.